The van der Waals surface area contributed by atoms with Crippen LogP contribution in [0.15, 0.2) is 60.9 Å². The van der Waals surface area contributed by atoms with Gasteiger partial charge in [-0.15, -0.1) is 0 Å². The van der Waals surface area contributed by atoms with Crippen molar-refractivity contribution in [1.82, 2.24) is 14.8 Å². The van der Waals surface area contributed by atoms with Crippen molar-refractivity contribution in [2.75, 3.05) is 11.9 Å². The lowest BCUT2D eigenvalue weighted by Crippen LogP contribution is -2.14. The third-order valence-corrected chi connectivity index (χ3v) is 4.95. The van der Waals surface area contributed by atoms with E-state index in [4.69, 9.17) is 4.74 Å². The predicted molar refractivity (Wildman–Crippen MR) is 121 cm³/mol. The molecular formula is C23H19F2N5O4. The van der Waals surface area contributed by atoms with E-state index in [1.54, 1.807) is 41.2 Å². The van der Waals surface area contributed by atoms with E-state index in [1.807, 2.05) is 13.1 Å². The molecule has 34 heavy (non-hydrogen) atoms. The van der Waals surface area contributed by atoms with Crippen LogP contribution in [0.5, 0.6) is 5.75 Å². The number of nitro benzene ring substituents is 1. The molecule has 1 N–H and O–H groups in total. The molecular weight excluding hydrogens is 448 g/mol. The van der Waals surface area contributed by atoms with Crippen LogP contribution >= 0.6 is 0 Å². The Balaban J connectivity index is 1.72. The predicted octanol–water partition coefficient (Wildman–Crippen LogP) is 4.92. The van der Waals surface area contributed by atoms with Gasteiger partial charge in [0.1, 0.15) is 12.4 Å². The number of nitrogens with one attached hydrogen (secondary N) is 1. The Bertz CT molecular complexity index is 1370. The Kier molecular flexibility index (Phi) is 6.44. The SMILES string of the molecule is CCn1cc(-c2cc(C(=O)Nc3cc(OCC(F)F)cc([N+](=O)[O-])c3)c3ccccc3n2)cn1. The average Bonchev–Trinajstić information content (AvgIpc) is 3.31. The van der Waals surface area contributed by atoms with Crippen molar-refractivity contribution in [3.05, 3.63) is 76.6 Å². The summed E-state index contributed by atoms with van der Waals surface area (Å²) in [5.74, 6) is -0.708. The number of fused-ring (bicyclic) bond motifs is 1. The lowest BCUT2D eigenvalue weighted by molar-refractivity contribution is -0.384. The Labute approximate surface area is 192 Å². The minimum absolute atomic E-state index is 0.0321. The summed E-state index contributed by atoms with van der Waals surface area (Å²) in [7, 11) is 0. The number of nitro groups is 1. The number of hydrogen-bond donors (Lipinski definition) is 1. The quantitative estimate of drug-likeness (QED) is 0.291. The van der Waals surface area contributed by atoms with Crippen LogP contribution < -0.4 is 10.1 Å². The van der Waals surface area contributed by atoms with Gasteiger partial charge in [-0.1, -0.05) is 18.2 Å². The summed E-state index contributed by atoms with van der Waals surface area (Å²) in [6, 6.07) is 12.1. The molecule has 0 spiro atoms. The van der Waals surface area contributed by atoms with Gasteiger partial charge >= 0.3 is 0 Å². The molecule has 0 unspecified atom stereocenters. The van der Waals surface area contributed by atoms with Crippen LogP contribution in [-0.2, 0) is 6.54 Å². The van der Waals surface area contributed by atoms with E-state index in [0.29, 0.717) is 23.1 Å². The zero-order chi connectivity index (χ0) is 24.2. The molecule has 174 valence electrons. The lowest BCUT2D eigenvalue weighted by atomic mass is 10.0. The number of non-ortho nitro benzene ring substituents is 1. The summed E-state index contributed by atoms with van der Waals surface area (Å²) >= 11 is 0. The van der Waals surface area contributed by atoms with Gasteiger partial charge in [-0.05, 0) is 19.1 Å². The van der Waals surface area contributed by atoms with Gasteiger partial charge in [0, 0.05) is 35.8 Å². The molecule has 0 fully saturated rings. The largest absolute Gasteiger partial charge is 0.487 e. The molecule has 2 aromatic heterocycles. The Morgan fingerprint density at radius 3 is 2.74 bits per heavy atom. The van der Waals surface area contributed by atoms with Crippen LogP contribution in [0.2, 0.25) is 0 Å². The van der Waals surface area contributed by atoms with Crippen molar-refractivity contribution in [3.63, 3.8) is 0 Å². The third kappa shape index (κ3) is 4.98. The number of anilines is 1. The van der Waals surface area contributed by atoms with Crippen LogP contribution in [-0.4, -0.2) is 38.6 Å². The minimum Gasteiger partial charge on any atom is -0.487 e. The molecule has 2 heterocycles. The number of aryl methyl sites for hydroxylation is 1. The van der Waals surface area contributed by atoms with Gasteiger partial charge in [0.25, 0.3) is 18.0 Å². The molecule has 11 heteroatoms. The first-order chi connectivity index (χ1) is 16.3. The van der Waals surface area contributed by atoms with Crippen LogP contribution in [0.1, 0.15) is 17.3 Å². The van der Waals surface area contributed by atoms with Crippen molar-refractivity contribution < 1.29 is 23.2 Å². The van der Waals surface area contributed by atoms with Crippen LogP contribution in [0, 0.1) is 10.1 Å². The van der Waals surface area contributed by atoms with Crippen molar-refractivity contribution in [2.24, 2.45) is 0 Å². The number of halogens is 2. The van der Waals surface area contributed by atoms with Gasteiger partial charge in [0.2, 0.25) is 0 Å². The first-order valence-electron chi connectivity index (χ1n) is 10.3. The molecule has 2 aromatic carbocycles. The maximum absolute atomic E-state index is 13.2. The van der Waals surface area contributed by atoms with E-state index in [9.17, 15) is 23.7 Å². The maximum atomic E-state index is 13.2. The fourth-order valence-electron chi connectivity index (χ4n) is 3.38. The number of hydrogen-bond acceptors (Lipinski definition) is 6. The zero-order valence-electron chi connectivity index (χ0n) is 17.9. The zero-order valence-corrected chi connectivity index (χ0v) is 17.9. The monoisotopic (exact) mass is 467 g/mol. The molecule has 4 rings (SSSR count). The van der Waals surface area contributed by atoms with Gasteiger partial charge in [0.05, 0.1) is 39.6 Å². The highest BCUT2D eigenvalue weighted by Crippen LogP contribution is 2.29. The van der Waals surface area contributed by atoms with Crippen molar-refractivity contribution >= 4 is 28.2 Å². The summed E-state index contributed by atoms with van der Waals surface area (Å²) in [6.07, 6.45) is 0.706. The van der Waals surface area contributed by atoms with Crippen LogP contribution in [0.4, 0.5) is 20.2 Å². The van der Waals surface area contributed by atoms with Crippen molar-refractivity contribution in [1.29, 1.82) is 0 Å². The fourth-order valence-corrected chi connectivity index (χ4v) is 3.38. The van der Waals surface area contributed by atoms with E-state index in [1.165, 1.54) is 6.07 Å². The minimum atomic E-state index is -2.75. The van der Waals surface area contributed by atoms with Crippen molar-refractivity contribution in [3.8, 4) is 17.0 Å². The van der Waals surface area contributed by atoms with E-state index in [2.05, 4.69) is 15.4 Å². The summed E-state index contributed by atoms with van der Waals surface area (Å²) in [4.78, 5) is 28.4. The number of para-hydroxylation sites is 1. The molecule has 0 saturated heterocycles. The second-order valence-corrected chi connectivity index (χ2v) is 7.29. The molecule has 9 nitrogen and oxygen atoms in total. The standard InChI is InChI=1S/C23H19F2N5O4/c1-2-29-12-14(11-26-29)21-10-19(18-5-3-4-6-20(18)28-21)23(31)27-15-7-16(30(32)33)9-17(8-15)34-13-22(24)25/h3-12,22H,2,13H2,1H3,(H,27,31). The normalized spacial score (nSPS) is 11.1. The fraction of sp³-hybridized carbons (Fsp3) is 0.174. The number of benzene rings is 2. The van der Waals surface area contributed by atoms with Gasteiger partial charge in [-0.2, -0.15) is 5.10 Å². The second-order valence-electron chi connectivity index (χ2n) is 7.29. The molecule has 0 atom stereocenters. The second kappa shape index (κ2) is 9.61. The first-order valence-corrected chi connectivity index (χ1v) is 10.3. The number of carbonyl (C=O) groups excluding carboxylic acids is 1. The highest BCUT2D eigenvalue weighted by molar-refractivity contribution is 6.13. The summed E-state index contributed by atoms with van der Waals surface area (Å²) in [5, 5.41) is 18.7. The Morgan fingerprint density at radius 2 is 2.03 bits per heavy atom. The number of nitrogens with zero attached hydrogens (tertiary/aromatic N) is 4. The molecule has 1 amide bonds. The van der Waals surface area contributed by atoms with E-state index >= 15 is 0 Å². The smallest absolute Gasteiger partial charge is 0.275 e. The number of aromatic nitrogens is 3. The third-order valence-electron chi connectivity index (χ3n) is 4.95. The Hall–Kier alpha value is -4.41. The molecule has 0 bridgehead atoms. The number of amides is 1. The molecule has 0 radical (unpaired) electrons. The summed E-state index contributed by atoms with van der Waals surface area (Å²) < 4.78 is 31.7. The van der Waals surface area contributed by atoms with Crippen molar-refractivity contribution in [2.45, 2.75) is 19.9 Å². The van der Waals surface area contributed by atoms with E-state index in [0.717, 1.165) is 17.7 Å². The van der Waals surface area contributed by atoms with Gasteiger partial charge < -0.3 is 10.1 Å². The average molecular weight is 467 g/mol. The number of ether oxygens (including phenoxy) is 1. The molecule has 0 aliphatic heterocycles. The number of pyridine rings is 1. The number of carbonyl (C=O) groups is 1. The highest BCUT2D eigenvalue weighted by atomic mass is 19.3. The summed E-state index contributed by atoms with van der Waals surface area (Å²) in [6.45, 7) is 1.68. The van der Waals surface area contributed by atoms with Gasteiger partial charge in [-0.25, -0.2) is 13.8 Å². The van der Waals surface area contributed by atoms with Gasteiger partial charge in [0.15, 0.2) is 0 Å². The molecule has 0 saturated carbocycles. The maximum Gasteiger partial charge on any atom is 0.275 e. The molecule has 0 aliphatic carbocycles. The summed E-state index contributed by atoms with van der Waals surface area (Å²) in [5.41, 5.74) is 1.74. The van der Waals surface area contributed by atoms with Gasteiger partial charge in [-0.3, -0.25) is 19.6 Å². The number of rotatable bonds is 8. The van der Waals surface area contributed by atoms with Crippen LogP contribution in [0.25, 0.3) is 22.2 Å². The molecule has 0 aliphatic rings. The number of alkyl halides is 2. The first kappa shape index (κ1) is 22.8. The van der Waals surface area contributed by atoms with Crippen LogP contribution in [0.3, 0.4) is 0 Å². The lowest BCUT2D eigenvalue weighted by Gasteiger charge is -2.12. The van der Waals surface area contributed by atoms with E-state index in [-0.39, 0.29) is 17.0 Å². The highest BCUT2D eigenvalue weighted by Gasteiger charge is 2.18. The Morgan fingerprint density at radius 1 is 1.24 bits per heavy atom. The topological polar surface area (TPSA) is 112 Å². The van der Waals surface area contributed by atoms with E-state index < -0.39 is 29.6 Å². The molecule has 4 aromatic rings.